The van der Waals surface area contributed by atoms with Crippen LogP contribution in [0.25, 0.3) is 5.57 Å². The first kappa shape index (κ1) is 13.0. The standard InChI is InChI=1S/C15H12O4/c1-8(16)14(9(2)17)12-7-13(18)15(19)11-6-4-3-5-10(11)12/h3-7,16H,1-2H3/b14-8+. The maximum absolute atomic E-state index is 11.8. The first-order valence-electron chi connectivity index (χ1n) is 5.74. The molecule has 0 aliphatic heterocycles. The average Bonchev–Trinajstić information content (AvgIpc) is 2.34. The van der Waals surface area contributed by atoms with Crippen LogP contribution < -0.4 is 0 Å². The molecule has 1 aliphatic rings. The van der Waals surface area contributed by atoms with Crippen LogP contribution in [0.2, 0.25) is 0 Å². The molecule has 0 atom stereocenters. The number of hydrogen-bond acceptors (Lipinski definition) is 4. The summed E-state index contributed by atoms with van der Waals surface area (Å²) in [6.07, 6.45) is 1.11. The summed E-state index contributed by atoms with van der Waals surface area (Å²) in [5.74, 6) is -1.81. The van der Waals surface area contributed by atoms with E-state index < -0.39 is 11.6 Å². The Kier molecular flexibility index (Phi) is 3.17. The summed E-state index contributed by atoms with van der Waals surface area (Å²) < 4.78 is 0. The van der Waals surface area contributed by atoms with Crippen LogP contribution >= 0.6 is 0 Å². The fourth-order valence-electron chi connectivity index (χ4n) is 2.17. The van der Waals surface area contributed by atoms with Crippen LogP contribution in [0.1, 0.15) is 29.8 Å². The van der Waals surface area contributed by atoms with Crippen LogP contribution in [0, 0.1) is 0 Å². The molecule has 0 bridgehead atoms. The summed E-state index contributed by atoms with van der Waals surface area (Å²) in [6, 6.07) is 6.54. The van der Waals surface area contributed by atoms with Gasteiger partial charge in [-0.25, -0.2) is 0 Å². The highest BCUT2D eigenvalue weighted by Crippen LogP contribution is 2.32. The minimum Gasteiger partial charge on any atom is -0.512 e. The van der Waals surface area contributed by atoms with Gasteiger partial charge >= 0.3 is 0 Å². The van der Waals surface area contributed by atoms with E-state index in [-0.39, 0.29) is 22.7 Å². The fraction of sp³-hybridized carbons (Fsp3) is 0.133. The van der Waals surface area contributed by atoms with Gasteiger partial charge in [-0.1, -0.05) is 24.3 Å². The molecule has 1 aromatic carbocycles. The molecule has 0 fully saturated rings. The van der Waals surface area contributed by atoms with Gasteiger partial charge in [0.1, 0.15) is 5.76 Å². The summed E-state index contributed by atoms with van der Waals surface area (Å²) >= 11 is 0. The summed E-state index contributed by atoms with van der Waals surface area (Å²) in [4.78, 5) is 35.1. The van der Waals surface area contributed by atoms with E-state index in [2.05, 4.69) is 0 Å². The van der Waals surface area contributed by atoms with E-state index in [0.717, 1.165) is 6.08 Å². The lowest BCUT2D eigenvalue weighted by Crippen LogP contribution is -2.20. The second-order valence-corrected chi connectivity index (χ2v) is 4.31. The molecule has 96 valence electrons. The maximum Gasteiger partial charge on any atom is 0.233 e. The maximum atomic E-state index is 11.8. The molecular formula is C15H12O4. The van der Waals surface area contributed by atoms with Crippen LogP contribution in [0.4, 0.5) is 0 Å². The van der Waals surface area contributed by atoms with Gasteiger partial charge in [0, 0.05) is 11.1 Å². The number of benzene rings is 1. The van der Waals surface area contributed by atoms with Crippen molar-refractivity contribution in [2.24, 2.45) is 0 Å². The largest absolute Gasteiger partial charge is 0.512 e. The van der Waals surface area contributed by atoms with Crippen molar-refractivity contribution in [1.82, 2.24) is 0 Å². The van der Waals surface area contributed by atoms with Gasteiger partial charge in [0.25, 0.3) is 0 Å². The monoisotopic (exact) mass is 256 g/mol. The van der Waals surface area contributed by atoms with Crippen molar-refractivity contribution in [3.63, 3.8) is 0 Å². The smallest absolute Gasteiger partial charge is 0.233 e. The van der Waals surface area contributed by atoms with E-state index >= 15 is 0 Å². The Bertz CT molecular complexity index is 658. The normalized spacial score (nSPS) is 15.6. The van der Waals surface area contributed by atoms with Gasteiger partial charge in [-0.05, 0) is 25.5 Å². The first-order valence-corrected chi connectivity index (χ1v) is 5.74. The Balaban J connectivity index is 2.75. The zero-order valence-corrected chi connectivity index (χ0v) is 10.6. The van der Waals surface area contributed by atoms with Crippen molar-refractivity contribution < 1.29 is 19.5 Å². The van der Waals surface area contributed by atoms with Gasteiger partial charge in [0.2, 0.25) is 11.6 Å². The molecule has 19 heavy (non-hydrogen) atoms. The molecule has 0 radical (unpaired) electrons. The van der Waals surface area contributed by atoms with E-state index in [0.29, 0.717) is 11.1 Å². The van der Waals surface area contributed by atoms with Crippen LogP contribution in [0.5, 0.6) is 0 Å². The van der Waals surface area contributed by atoms with Crippen molar-refractivity contribution in [3.8, 4) is 0 Å². The van der Waals surface area contributed by atoms with E-state index in [4.69, 9.17) is 0 Å². The number of rotatable bonds is 2. The number of fused-ring (bicyclic) bond motifs is 1. The number of Topliss-reactive ketones (excluding diaryl/α,β-unsaturated/α-hetero) is 2. The van der Waals surface area contributed by atoms with E-state index in [1.165, 1.54) is 19.9 Å². The molecule has 0 amide bonds. The minimum atomic E-state index is -0.686. The number of aliphatic hydroxyl groups is 1. The lowest BCUT2D eigenvalue weighted by atomic mass is 9.84. The molecule has 0 unspecified atom stereocenters. The van der Waals surface area contributed by atoms with Crippen molar-refractivity contribution in [2.75, 3.05) is 0 Å². The highest BCUT2D eigenvalue weighted by atomic mass is 16.3. The lowest BCUT2D eigenvalue weighted by molar-refractivity contribution is -0.113. The zero-order chi connectivity index (χ0) is 14.2. The van der Waals surface area contributed by atoms with E-state index in [1.54, 1.807) is 18.2 Å². The van der Waals surface area contributed by atoms with Crippen molar-refractivity contribution in [3.05, 3.63) is 52.8 Å². The number of hydrogen-bond donors (Lipinski definition) is 1. The predicted octanol–water partition coefficient (Wildman–Crippen LogP) is 2.26. The Morgan fingerprint density at radius 2 is 1.63 bits per heavy atom. The average molecular weight is 256 g/mol. The van der Waals surface area contributed by atoms with Gasteiger partial charge < -0.3 is 5.11 Å². The lowest BCUT2D eigenvalue weighted by Gasteiger charge is -2.17. The van der Waals surface area contributed by atoms with Gasteiger partial charge in [0.15, 0.2) is 5.78 Å². The van der Waals surface area contributed by atoms with Crippen molar-refractivity contribution in [2.45, 2.75) is 13.8 Å². The third-order valence-electron chi connectivity index (χ3n) is 2.94. The highest BCUT2D eigenvalue weighted by Gasteiger charge is 2.29. The number of ketones is 3. The molecule has 2 rings (SSSR count). The molecule has 0 saturated carbocycles. The van der Waals surface area contributed by atoms with Crippen LogP contribution in [-0.4, -0.2) is 22.5 Å². The molecule has 0 heterocycles. The Morgan fingerprint density at radius 1 is 1.05 bits per heavy atom. The number of carbonyl (C=O) groups is 3. The summed E-state index contributed by atoms with van der Waals surface area (Å²) in [5.41, 5.74) is 1.11. The van der Waals surface area contributed by atoms with Crippen molar-refractivity contribution >= 4 is 22.9 Å². The molecule has 1 aliphatic carbocycles. The van der Waals surface area contributed by atoms with Gasteiger partial charge in [-0.3, -0.25) is 14.4 Å². The second-order valence-electron chi connectivity index (χ2n) is 4.31. The molecule has 0 aromatic heterocycles. The summed E-state index contributed by atoms with van der Waals surface area (Å²) in [6.45, 7) is 2.68. The first-order chi connectivity index (χ1) is 8.93. The number of carbonyl (C=O) groups excluding carboxylic acids is 3. The van der Waals surface area contributed by atoms with Gasteiger partial charge in [-0.2, -0.15) is 0 Å². The highest BCUT2D eigenvalue weighted by molar-refractivity contribution is 6.51. The van der Waals surface area contributed by atoms with E-state index in [9.17, 15) is 19.5 Å². The fourth-order valence-corrected chi connectivity index (χ4v) is 2.17. The molecule has 4 nitrogen and oxygen atoms in total. The third-order valence-corrected chi connectivity index (χ3v) is 2.94. The van der Waals surface area contributed by atoms with Crippen LogP contribution in [0.15, 0.2) is 41.7 Å². The topological polar surface area (TPSA) is 71.4 Å². The molecule has 0 spiro atoms. The number of allylic oxidation sites excluding steroid dienone is 4. The zero-order valence-electron chi connectivity index (χ0n) is 10.6. The van der Waals surface area contributed by atoms with Crippen LogP contribution in [0.3, 0.4) is 0 Å². The SMILES string of the molecule is CC(=O)/C(C1=CC(=O)C(=O)c2ccccc21)=C(/C)O. The Morgan fingerprint density at radius 3 is 2.16 bits per heavy atom. The quantitative estimate of drug-likeness (QED) is 0.500. The summed E-state index contributed by atoms with van der Waals surface area (Å²) in [5, 5.41) is 9.63. The molecule has 4 heteroatoms. The molecule has 0 saturated heterocycles. The minimum absolute atomic E-state index is 0.0632. The molecule has 1 aromatic rings. The van der Waals surface area contributed by atoms with E-state index in [1.807, 2.05) is 0 Å². The van der Waals surface area contributed by atoms with Gasteiger partial charge in [-0.15, -0.1) is 0 Å². The van der Waals surface area contributed by atoms with Crippen molar-refractivity contribution in [1.29, 1.82) is 0 Å². The van der Waals surface area contributed by atoms with Gasteiger partial charge in [0.05, 0.1) is 5.57 Å². The number of aliphatic hydroxyl groups excluding tert-OH is 1. The molecular weight excluding hydrogens is 244 g/mol. The summed E-state index contributed by atoms with van der Waals surface area (Å²) in [7, 11) is 0. The second kappa shape index (κ2) is 4.65. The molecule has 1 N–H and O–H groups in total. The Hall–Kier alpha value is -2.49. The predicted molar refractivity (Wildman–Crippen MR) is 69.8 cm³/mol. The van der Waals surface area contributed by atoms with Crippen LogP contribution in [-0.2, 0) is 9.59 Å². The third kappa shape index (κ3) is 2.12. The Labute approximate surface area is 110 Å².